The molecule has 0 saturated heterocycles. The summed E-state index contributed by atoms with van der Waals surface area (Å²) in [5.74, 6) is 0. The van der Waals surface area contributed by atoms with E-state index in [2.05, 4.69) is 0 Å². The van der Waals surface area contributed by atoms with E-state index in [4.69, 9.17) is 5.73 Å². The number of hydrogen-bond acceptors (Lipinski definition) is 2. The highest BCUT2D eigenvalue weighted by atomic mass is 32.2. The molecule has 0 radical (unpaired) electrons. The number of urea groups is 1. The Morgan fingerprint density at radius 2 is 2.40 bits per heavy atom. The quantitative estimate of drug-likeness (QED) is 0.534. The fourth-order valence-corrected chi connectivity index (χ4v) is 1.16. The van der Waals surface area contributed by atoms with Crippen LogP contribution in [0.15, 0.2) is 23.6 Å². The van der Waals surface area contributed by atoms with Gasteiger partial charge in [-0.1, -0.05) is 18.2 Å². The van der Waals surface area contributed by atoms with Gasteiger partial charge in [-0.3, -0.25) is 4.31 Å². The molecular weight excluding hydrogens is 148 g/mol. The van der Waals surface area contributed by atoms with E-state index in [0.717, 1.165) is 0 Å². The van der Waals surface area contributed by atoms with E-state index in [1.807, 2.05) is 23.6 Å². The Morgan fingerprint density at radius 1 is 1.60 bits per heavy atom. The summed E-state index contributed by atoms with van der Waals surface area (Å²) >= 11 is 1.31. The second kappa shape index (κ2) is 3.31. The molecular formula is C6H8N2OS. The minimum absolute atomic E-state index is 0.402. The van der Waals surface area contributed by atoms with E-state index in [-0.39, 0.29) is 0 Å². The van der Waals surface area contributed by atoms with Crippen LogP contribution >= 0.6 is 11.9 Å². The molecule has 0 spiro atoms. The van der Waals surface area contributed by atoms with Gasteiger partial charge in [-0.05, 0) is 17.4 Å². The van der Waals surface area contributed by atoms with Gasteiger partial charge in [-0.25, -0.2) is 4.79 Å². The molecule has 1 heterocycles. The van der Waals surface area contributed by atoms with Crippen molar-refractivity contribution in [3.63, 3.8) is 0 Å². The van der Waals surface area contributed by atoms with Crippen molar-refractivity contribution in [2.45, 2.75) is 0 Å². The van der Waals surface area contributed by atoms with Gasteiger partial charge in [0.1, 0.15) is 0 Å². The van der Waals surface area contributed by atoms with Crippen LogP contribution in [0.1, 0.15) is 0 Å². The molecule has 0 bridgehead atoms. The normalized spacial score (nSPS) is 17.0. The average Bonchev–Trinajstić information content (AvgIpc) is 2.12. The minimum Gasteiger partial charge on any atom is -0.351 e. The molecule has 0 fully saturated rings. The number of nitrogens with two attached hydrogens (primary N) is 1. The summed E-state index contributed by atoms with van der Waals surface area (Å²) < 4.78 is 1.47. The Morgan fingerprint density at radius 3 is 3.10 bits per heavy atom. The van der Waals surface area contributed by atoms with E-state index in [0.29, 0.717) is 6.54 Å². The summed E-state index contributed by atoms with van der Waals surface area (Å²) in [5.41, 5.74) is 5.04. The van der Waals surface area contributed by atoms with Crippen molar-refractivity contribution in [2.75, 3.05) is 6.54 Å². The van der Waals surface area contributed by atoms with Crippen LogP contribution in [-0.2, 0) is 0 Å². The van der Waals surface area contributed by atoms with E-state index in [1.54, 1.807) is 0 Å². The molecule has 54 valence electrons. The molecule has 0 saturated carbocycles. The third-order valence-electron chi connectivity index (χ3n) is 1.03. The molecule has 0 atom stereocenters. The SMILES string of the molecule is NC(=O)N1CC=CC=CS1. The summed E-state index contributed by atoms with van der Waals surface area (Å²) in [6.45, 7) is 0.576. The van der Waals surface area contributed by atoms with Crippen molar-refractivity contribution >= 4 is 18.0 Å². The van der Waals surface area contributed by atoms with Crippen molar-refractivity contribution in [3.8, 4) is 0 Å². The number of allylic oxidation sites excluding steroid dienone is 2. The molecule has 1 rings (SSSR count). The Balaban J connectivity index is 2.55. The largest absolute Gasteiger partial charge is 0.351 e. The number of nitrogens with zero attached hydrogens (tertiary/aromatic N) is 1. The van der Waals surface area contributed by atoms with Crippen molar-refractivity contribution in [3.05, 3.63) is 23.6 Å². The summed E-state index contributed by atoms with van der Waals surface area (Å²) in [5, 5.41) is 1.81. The molecule has 1 aliphatic rings. The first kappa shape index (κ1) is 7.21. The van der Waals surface area contributed by atoms with Crippen LogP contribution in [0.3, 0.4) is 0 Å². The van der Waals surface area contributed by atoms with Gasteiger partial charge in [-0.2, -0.15) is 0 Å². The monoisotopic (exact) mass is 156 g/mol. The van der Waals surface area contributed by atoms with Crippen LogP contribution < -0.4 is 5.73 Å². The van der Waals surface area contributed by atoms with Crippen LogP contribution in [0.25, 0.3) is 0 Å². The molecule has 1 aliphatic heterocycles. The van der Waals surface area contributed by atoms with Crippen LogP contribution in [0.5, 0.6) is 0 Å². The molecule has 3 nitrogen and oxygen atoms in total. The van der Waals surface area contributed by atoms with E-state index in [9.17, 15) is 4.79 Å². The summed E-state index contributed by atoms with van der Waals surface area (Å²) in [4.78, 5) is 10.6. The van der Waals surface area contributed by atoms with Crippen LogP contribution in [0, 0.1) is 0 Å². The van der Waals surface area contributed by atoms with Gasteiger partial charge in [0.15, 0.2) is 0 Å². The highest BCUT2D eigenvalue weighted by molar-refractivity contribution is 8.00. The Labute approximate surface area is 63.7 Å². The van der Waals surface area contributed by atoms with Gasteiger partial charge in [0.2, 0.25) is 0 Å². The summed E-state index contributed by atoms with van der Waals surface area (Å²) in [6, 6.07) is -0.402. The maximum absolute atomic E-state index is 10.6. The second-order valence-corrected chi connectivity index (χ2v) is 2.69. The zero-order valence-electron chi connectivity index (χ0n) is 5.36. The highest BCUT2D eigenvalue weighted by Crippen LogP contribution is 2.12. The van der Waals surface area contributed by atoms with Gasteiger partial charge in [0.25, 0.3) is 0 Å². The minimum atomic E-state index is -0.402. The Hall–Kier alpha value is -0.900. The van der Waals surface area contributed by atoms with Gasteiger partial charge in [0.05, 0.1) is 6.54 Å². The Bertz CT molecular complexity index is 174. The molecule has 0 unspecified atom stereocenters. The molecule has 0 aliphatic carbocycles. The number of carbonyl (C=O) groups excluding carboxylic acids is 1. The molecule has 2 N–H and O–H groups in total. The van der Waals surface area contributed by atoms with Gasteiger partial charge in [0, 0.05) is 0 Å². The van der Waals surface area contributed by atoms with Crippen molar-refractivity contribution in [1.29, 1.82) is 0 Å². The van der Waals surface area contributed by atoms with Crippen molar-refractivity contribution < 1.29 is 4.79 Å². The van der Waals surface area contributed by atoms with Crippen molar-refractivity contribution in [1.82, 2.24) is 4.31 Å². The van der Waals surface area contributed by atoms with E-state index < -0.39 is 6.03 Å². The molecule has 0 aromatic rings. The standard InChI is InChI=1S/C6H8N2OS/c7-6(9)8-4-2-1-3-5-10-8/h1-3,5H,4H2,(H2,7,9). The lowest BCUT2D eigenvalue weighted by Gasteiger charge is -2.12. The lowest BCUT2D eigenvalue weighted by Crippen LogP contribution is -2.29. The fourth-order valence-electron chi connectivity index (χ4n) is 0.574. The van der Waals surface area contributed by atoms with Gasteiger partial charge < -0.3 is 5.73 Å². The average molecular weight is 156 g/mol. The highest BCUT2D eigenvalue weighted by Gasteiger charge is 2.06. The van der Waals surface area contributed by atoms with Crippen LogP contribution in [0.4, 0.5) is 4.79 Å². The predicted octanol–water partition coefficient (Wildman–Crippen LogP) is 1.10. The van der Waals surface area contributed by atoms with E-state index in [1.165, 1.54) is 16.3 Å². The number of carbonyl (C=O) groups is 1. The smallest absolute Gasteiger partial charge is 0.325 e. The molecule has 4 heteroatoms. The third kappa shape index (κ3) is 1.80. The van der Waals surface area contributed by atoms with Crippen molar-refractivity contribution in [2.24, 2.45) is 5.73 Å². The molecule has 0 aromatic carbocycles. The number of hydrogen-bond donors (Lipinski definition) is 1. The second-order valence-electron chi connectivity index (χ2n) is 1.76. The van der Waals surface area contributed by atoms with Gasteiger partial charge >= 0.3 is 6.03 Å². The summed E-state index contributed by atoms with van der Waals surface area (Å²) in [7, 11) is 0. The predicted molar refractivity (Wildman–Crippen MR) is 42.2 cm³/mol. The maximum Gasteiger partial charge on any atom is 0.325 e. The first-order valence-electron chi connectivity index (χ1n) is 2.86. The Kier molecular flexibility index (Phi) is 2.39. The maximum atomic E-state index is 10.6. The zero-order valence-corrected chi connectivity index (χ0v) is 6.17. The first-order chi connectivity index (χ1) is 4.80. The number of amides is 2. The lowest BCUT2D eigenvalue weighted by atomic mass is 10.5. The van der Waals surface area contributed by atoms with Gasteiger partial charge in [-0.15, -0.1) is 0 Å². The number of rotatable bonds is 0. The zero-order chi connectivity index (χ0) is 7.40. The molecule has 2 amide bonds. The van der Waals surface area contributed by atoms with Crippen LogP contribution in [0.2, 0.25) is 0 Å². The molecule has 0 aromatic heterocycles. The molecule has 10 heavy (non-hydrogen) atoms. The fraction of sp³-hybridized carbons (Fsp3) is 0.167. The number of primary amides is 1. The lowest BCUT2D eigenvalue weighted by molar-refractivity contribution is 0.237. The first-order valence-corrected chi connectivity index (χ1v) is 3.70. The van der Waals surface area contributed by atoms with E-state index >= 15 is 0 Å². The third-order valence-corrected chi connectivity index (χ3v) is 1.89. The summed E-state index contributed by atoms with van der Waals surface area (Å²) in [6.07, 6.45) is 5.63. The topological polar surface area (TPSA) is 46.3 Å². The van der Waals surface area contributed by atoms with Crippen LogP contribution in [-0.4, -0.2) is 16.9 Å².